The van der Waals surface area contributed by atoms with Crippen molar-refractivity contribution < 1.29 is 19.0 Å². The van der Waals surface area contributed by atoms with Crippen LogP contribution < -0.4 is 14.2 Å². The van der Waals surface area contributed by atoms with Crippen LogP contribution in [0.25, 0.3) is 0 Å². The summed E-state index contributed by atoms with van der Waals surface area (Å²) >= 11 is 0. The van der Waals surface area contributed by atoms with Crippen LogP contribution in [0.5, 0.6) is 17.2 Å². The standard InChI is InChI=1S/C12H14O4/c1-14-10-6-8-7(4-5-9(8)13)11(15-2)12(10)16-3/h6H,4-5H2,1-3H3. The number of fused-ring (bicyclic) bond motifs is 1. The zero-order chi connectivity index (χ0) is 11.7. The molecule has 86 valence electrons. The first-order valence-corrected chi connectivity index (χ1v) is 5.08. The maximum Gasteiger partial charge on any atom is 0.203 e. The third-order valence-electron chi connectivity index (χ3n) is 2.84. The average molecular weight is 222 g/mol. The third-order valence-corrected chi connectivity index (χ3v) is 2.84. The number of rotatable bonds is 3. The molecule has 1 aliphatic rings. The fourth-order valence-electron chi connectivity index (χ4n) is 2.09. The highest BCUT2D eigenvalue weighted by Gasteiger charge is 2.28. The van der Waals surface area contributed by atoms with E-state index in [4.69, 9.17) is 14.2 Å². The third kappa shape index (κ3) is 1.41. The molecule has 0 radical (unpaired) electrons. The topological polar surface area (TPSA) is 44.8 Å². The summed E-state index contributed by atoms with van der Waals surface area (Å²) in [6.45, 7) is 0. The lowest BCUT2D eigenvalue weighted by Gasteiger charge is -2.15. The number of Topliss-reactive ketones (excluding diaryl/α,β-unsaturated/α-hetero) is 1. The lowest BCUT2D eigenvalue weighted by atomic mass is 10.1. The zero-order valence-corrected chi connectivity index (χ0v) is 9.62. The Bertz CT molecular complexity index is 437. The molecular formula is C12H14O4. The minimum atomic E-state index is 0.134. The Morgan fingerprint density at radius 2 is 1.69 bits per heavy atom. The molecule has 1 aromatic carbocycles. The van der Waals surface area contributed by atoms with E-state index in [0.717, 1.165) is 5.56 Å². The van der Waals surface area contributed by atoms with Crippen LogP contribution in [0.1, 0.15) is 22.3 Å². The van der Waals surface area contributed by atoms with Gasteiger partial charge in [0, 0.05) is 17.5 Å². The maximum atomic E-state index is 11.6. The van der Waals surface area contributed by atoms with Gasteiger partial charge in [-0.2, -0.15) is 0 Å². The summed E-state index contributed by atoms with van der Waals surface area (Å²) in [5.41, 5.74) is 1.61. The molecule has 0 aliphatic heterocycles. The molecule has 2 rings (SSSR count). The molecule has 0 bridgehead atoms. The van der Waals surface area contributed by atoms with Gasteiger partial charge in [0.05, 0.1) is 21.3 Å². The van der Waals surface area contributed by atoms with Crippen LogP contribution in [0, 0.1) is 0 Å². The molecule has 0 saturated heterocycles. The van der Waals surface area contributed by atoms with Gasteiger partial charge in [0.1, 0.15) is 0 Å². The van der Waals surface area contributed by atoms with E-state index in [2.05, 4.69) is 0 Å². The molecule has 16 heavy (non-hydrogen) atoms. The summed E-state index contributed by atoms with van der Waals surface area (Å²) in [4.78, 5) is 11.6. The van der Waals surface area contributed by atoms with Crippen LogP contribution in [0.3, 0.4) is 0 Å². The van der Waals surface area contributed by atoms with Crippen molar-refractivity contribution in [3.05, 3.63) is 17.2 Å². The van der Waals surface area contributed by atoms with Crippen LogP contribution in [-0.2, 0) is 6.42 Å². The summed E-state index contributed by atoms with van der Waals surface area (Å²) in [6, 6.07) is 1.73. The largest absolute Gasteiger partial charge is 0.493 e. The molecule has 4 heteroatoms. The summed E-state index contributed by atoms with van der Waals surface area (Å²) in [6.07, 6.45) is 1.24. The molecule has 4 nitrogen and oxygen atoms in total. The molecule has 1 aliphatic carbocycles. The molecule has 0 amide bonds. The van der Waals surface area contributed by atoms with Gasteiger partial charge in [-0.3, -0.25) is 4.79 Å². The number of ketones is 1. The molecule has 0 unspecified atom stereocenters. The molecule has 1 aromatic rings. The van der Waals surface area contributed by atoms with Gasteiger partial charge in [0.15, 0.2) is 17.3 Å². The Hall–Kier alpha value is -1.71. The quantitative estimate of drug-likeness (QED) is 0.782. The van der Waals surface area contributed by atoms with Crippen LogP contribution >= 0.6 is 0 Å². The normalized spacial score (nSPS) is 13.6. The first kappa shape index (κ1) is 10.8. The van der Waals surface area contributed by atoms with Gasteiger partial charge in [-0.15, -0.1) is 0 Å². The van der Waals surface area contributed by atoms with E-state index < -0.39 is 0 Å². The van der Waals surface area contributed by atoms with Crippen molar-refractivity contribution in [3.63, 3.8) is 0 Å². The second-order valence-corrected chi connectivity index (χ2v) is 3.59. The summed E-state index contributed by atoms with van der Waals surface area (Å²) in [5.74, 6) is 1.84. The minimum absolute atomic E-state index is 0.134. The highest BCUT2D eigenvalue weighted by molar-refractivity contribution is 6.02. The van der Waals surface area contributed by atoms with Crippen LogP contribution in [0.4, 0.5) is 0 Å². The van der Waals surface area contributed by atoms with Gasteiger partial charge in [-0.1, -0.05) is 0 Å². The summed E-state index contributed by atoms with van der Waals surface area (Å²) in [5, 5.41) is 0. The van der Waals surface area contributed by atoms with Crippen molar-refractivity contribution in [3.8, 4) is 17.2 Å². The molecule has 0 spiro atoms. The Labute approximate surface area is 94.1 Å². The van der Waals surface area contributed by atoms with Crippen LogP contribution in [-0.4, -0.2) is 27.1 Å². The molecular weight excluding hydrogens is 208 g/mol. The fraction of sp³-hybridized carbons (Fsp3) is 0.417. The summed E-state index contributed by atoms with van der Waals surface area (Å²) in [7, 11) is 4.67. The Kier molecular flexibility index (Phi) is 2.73. The van der Waals surface area contributed by atoms with Crippen LogP contribution in [0.2, 0.25) is 0 Å². The van der Waals surface area contributed by atoms with E-state index in [0.29, 0.717) is 35.7 Å². The first-order chi connectivity index (χ1) is 7.72. The molecule has 0 heterocycles. The van der Waals surface area contributed by atoms with Crippen molar-refractivity contribution in [2.24, 2.45) is 0 Å². The number of carbonyl (C=O) groups excluding carboxylic acids is 1. The van der Waals surface area contributed by atoms with E-state index in [-0.39, 0.29) is 5.78 Å². The minimum Gasteiger partial charge on any atom is -0.493 e. The SMILES string of the molecule is COc1cc2c(c(OC)c1OC)CCC2=O. The van der Waals surface area contributed by atoms with Gasteiger partial charge in [0.2, 0.25) is 5.75 Å². The van der Waals surface area contributed by atoms with Gasteiger partial charge >= 0.3 is 0 Å². The van der Waals surface area contributed by atoms with Crippen LogP contribution in [0.15, 0.2) is 6.07 Å². The van der Waals surface area contributed by atoms with Crippen molar-refractivity contribution in [1.82, 2.24) is 0 Å². The fourth-order valence-corrected chi connectivity index (χ4v) is 2.09. The molecule has 0 aromatic heterocycles. The molecule has 0 N–H and O–H groups in total. The molecule has 0 atom stereocenters. The van der Waals surface area contributed by atoms with Crippen molar-refractivity contribution in [2.45, 2.75) is 12.8 Å². The monoisotopic (exact) mass is 222 g/mol. The Morgan fingerprint density at radius 1 is 1.00 bits per heavy atom. The van der Waals surface area contributed by atoms with Crippen molar-refractivity contribution in [2.75, 3.05) is 21.3 Å². The van der Waals surface area contributed by atoms with Crippen molar-refractivity contribution in [1.29, 1.82) is 0 Å². The number of hydrogen-bond donors (Lipinski definition) is 0. The van der Waals surface area contributed by atoms with Gasteiger partial charge in [-0.05, 0) is 12.5 Å². The predicted molar refractivity (Wildman–Crippen MR) is 58.7 cm³/mol. The number of methoxy groups -OCH3 is 3. The number of hydrogen-bond acceptors (Lipinski definition) is 4. The number of ether oxygens (including phenoxy) is 3. The van der Waals surface area contributed by atoms with E-state index in [1.807, 2.05) is 0 Å². The first-order valence-electron chi connectivity index (χ1n) is 5.08. The lowest BCUT2D eigenvalue weighted by Crippen LogP contribution is -2.00. The summed E-state index contributed by atoms with van der Waals surface area (Å²) < 4.78 is 15.8. The zero-order valence-electron chi connectivity index (χ0n) is 9.62. The maximum absolute atomic E-state index is 11.6. The van der Waals surface area contributed by atoms with E-state index in [1.54, 1.807) is 27.4 Å². The number of benzene rings is 1. The lowest BCUT2D eigenvalue weighted by molar-refractivity contribution is 0.0994. The Balaban J connectivity index is 2.68. The van der Waals surface area contributed by atoms with E-state index >= 15 is 0 Å². The molecule has 0 saturated carbocycles. The Morgan fingerprint density at radius 3 is 2.25 bits per heavy atom. The van der Waals surface area contributed by atoms with E-state index in [1.165, 1.54) is 0 Å². The van der Waals surface area contributed by atoms with Crippen molar-refractivity contribution >= 4 is 5.78 Å². The van der Waals surface area contributed by atoms with Gasteiger partial charge in [0.25, 0.3) is 0 Å². The molecule has 0 fully saturated rings. The predicted octanol–water partition coefficient (Wildman–Crippen LogP) is 1.84. The van der Waals surface area contributed by atoms with Gasteiger partial charge < -0.3 is 14.2 Å². The number of carbonyl (C=O) groups is 1. The van der Waals surface area contributed by atoms with Gasteiger partial charge in [-0.25, -0.2) is 0 Å². The second kappa shape index (κ2) is 4.04. The highest BCUT2D eigenvalue weighted by atomic mass is 16.5. The smallest absolute Gasteiger partial charge is 0.203 e. The van der Waals surface area contributed by atoms with E-state index in [9.17, 15) is 4.79 Å². The highest BCUT2D eigenvalue weighted by Crippen LogP contribution is 2.44. The average Bonchev–Trinajstić information content (AvgIpc) is 2.68. The second-order valence-electron chi connectivity index (χ2n) is 3.59.